The van der Waals surface area contributed by atoms with Crippen molar-refractivity contribution in [3.05, 3.63) is 31.0 Å². The molecular weight excluding hydrogens is 240 g/mol. The van der Waals surface area contributed by atoms with E-state index in [-0.39, 0.29) is 0 Å². The van der Waals surface area contributed by atoms with Gasteiger partial charge in [-0.2, -0.15) is 5.10 Å². The SMILES string of the molecule is c1ncn(-c2ccc(NCC3CCCNC3)cn2)n1. The number of hydrogen-bond donors (Lipinski definition) is 2. The zero-order valence-corrected chi connectivity index (χ0v) is 10.8. The topological polar surface area (TPSA) is 67.7 Å². The minimum atomic E-state index is 0.712. The first-order valence-corrected chi connectivity index (χ1v) is 6.67. The van der Waals surface area contributed by atoms with E-state index in [9.17, 15) is 0 Å². The molecule has 0 aromatic carbocycles. The molecule has 1 saturated heterocycles. The van der Waals surface area contributed by atoms with Gasteiger partial charge < -0.3 is 10.6 Å². The van der Waals surface area contributed by atoms with E-state index in [4.69, 9.17) is 0 Å². The Bertz CT molecular complexity index is 486. The summed E-state index contributed by atoms with van der Waals surface area (Å²) in [6.07, 6.45) is 7.56. The van der Waals surface area contributed by atoms with Crippen LogP contribution in [0.1, 0.15) is 12.8 Å². The fraction of sp³-hybridized carbons (Fsp3) is 0.462. The molecule has 3 heterocycles. The standard InChI is InChI=1S/C13H18N6/c1-2-11(6-14-5-1)7-16-12-3-4-13(17-8-12)19-10-15-9-18-19/h3-4,8-11,14,16H,1-2,5-7H2. The summed E-state index contributed by atoms with van der Waals surface area (Å²) >= 11 is 0. The lowest BCUT2D eigenvalue weighted by Crippen LogP contribution is -2.33. The summed E-state index contributed by atoms with van der Waals surface area (Å²) < 4.78 is 1.65. The predicted octanol–water partition coefficient (Wildman–Crippen LogP) is 1.07. The Morgan fingerprint density at radius 1 is 1.42 bits per heavy atom. The molecule has 1 aliphatic rings. The van der Waals surface area contributed by atoms with E-state index in [1.54, 1.807) is 11.0 Å². The minimum Gasteiger partial charge on any atom is -0.383 e. The van der Waals surface area contributed by atoms with Crippen molar-refractivity contribution in [2.24, 2.45) is 5.92 Å². The predicted molar refractivity (Wildman–Crippen MR) is 73.2 cm³/mol. The van der Waals surface area contributed by atoms with Crippen molar-refractivity contribution in [1.29, 1.82) is 0 Å². The molecule has 0 saturated carbocycles. The first-order valence-electron chi connectivity index (χ1n) is 6.67. The summed E-state index contributed by atoms with van der Waals surface area (Å²) in [5, 5.41) is 10.9. The van der Waals surface area contributed by atoms with Crippen molar-refractivity contribution in [2.75, 3.05) is 25.0 Å². The monoisotopic (exact) mass is 258 g/mol. The van der Waals surface area contributed by atoms with Crippen LogP contribution in [-0.4, -0.2) is 39.4 Å². The van der Waals surface area contributed by atoms with E-state index in [1.165, 1.54) is 19.2 Å². The third-order valence-corrected chi connectivity index (χ3v) is 3.40. The van der Waals surface area contributed by atoms with Crippen LogP contribution in [-0.2, 0) is 0 Å². The van der Waals surface area contributed by atoms with Gasteiger partial charge in [0.1, 0.15) is 12.7 Å². The molecule has 3 rings (SSSR count). The van der Waals surface area contributed by atoms with E-state index in [0.717, 1.165) is 31.1 Å². The van der Waals surface area contributed by atoms with Crippen LogP contribution in [0.3, 0.4) is 0 Å². The van der Waals surface area contributed by atoms with E-state index in [2.05, 4.69) is 25.7 Å². The molecule has 0 bridgehead atoms. The first kappa shape index (κ1) is 12.1. The maximum absolute atomic E-state index is 4.37. The van der Waals surface area contributed by atoms with Crippen LogP contribution in [0.5, 0.6) is 0 Å². The van der Waals surface area contributed by atoms with Gasteiger partial charge in [-0.3, -0.25) is 0 Å². The second-order valence-corrected chi connectivity index (χ2v) is 4.84. The molecule has 6 heteroatoms. The maximum Gasteiger partial charge on any atom is 0.155 e. The average Bonchev–Trinajstić information content (AvgIpc) is 3.01. The van der Waals surface area contributed by atoms with Crippen molar-refractivity contribution in [1.82, 2.24) is 25.1 Å². The van der Waals surface area contributed by atoms with Gasteiger partial charge in [-0.15, -0.1) is 0 Å². The largest absolute Gasteiger partial charge is 0.383 e. The molecule has 6 nitrogen and oxygen atoms in total. The number of anilines is 1. The van der Waals surface area contributed by atoms with Crippen LogP contribution in [0.2, 0.25) is 0 Å². The highest BCUT2D eigenvalue weighted by Gasteiger charge is 2.12. The third kappa shape index (κ3) is 3.08. The lowest BCUT2D eigenvalue weighted by atomic mass is 10.00. The number of hydrogen-bond acceptors (Lipinski definition) is 5. The van der Waals surface area contributed by atoms with Crippen molar-refractivity contribution >= 4 is 5.69 Å². The second-order valence-electron chi connectivity index (χ2n) is 4.84. The summed E-state index contributed by atoms with van der Waals surface area (Å²) in [6.45, 7) is 3.26. The third-order valence-electron chi connectivity index (χ3n) is 3.40. The lowest BCUT2D eigenvalue weighted by Gasteiger charge is -2.23. The molecule has 0 radical (unpaired) electrons. The van der Waals surface area contributed by atoms with Gasteiger partial charge in [-0.05, 0) is 44.0 Å². The highest BCUT2D eigenvalue weighted by atomic mass is 15.3. The molecule has 1 aliphatic heterocycles. The Morgan fingerprint density at radius 2 is 2.42 bits per heavy atom. The Morgan fingerprint density at radius 3 is 3.11 bits per heavy atom. The Hall–Kier alpha value is -1.95. The van der Waals surface area contributed by atoms with Crippen LogP contribution >= 0.6 is 0 Å². The van der Waals surface area contributed by atoms with E-state index >= 15 is 0 Å². The smallest absolute Gasteiger partial charge is 0.155 e. The molecule has 0 aliphatic carbocycles. The molecule has 100 valence electrons. The van der Waals surface area contributed by atoms with Crippen molar-refractivity contribution in [3.8, 4) is 5.82 Å². The van der Waals surface area contributed by atoms with Gasteiger partial charge >= 0.3 is 0 Å². The van der Waals surface area contributed by atoms with E-state index in [0.29, 0.717) is 5.92 Å². The molecule has 0 amide bonds. The van der Waals surface area contributed by atoms with Gasteiger partial charge in [0.15, 0.2) is 5.82 Å². The zero-order chi connectivity index (χ0) is 12.9. The highest BCUT2D eigenvalue weighted by Crippen LogP contribution is 2.13. The first-order chi connectivity index (χ1) is 9.42. The van der Waals surface area contributed by atoms with Gasteiger partial charge in [0.25, 0.3) is 0 Å². The normalized spacial score (nSPS) is 19.3. The summed E-state index contributed by atoms with van der Waals surface area (Å²) in [4.78, 5) is 8.28. The van der Waals surface area contributed by atoms with Gasteiger partial charge in [0, 0.05) is 6.54 Å². The number of piperidine rings is 1. The summed E-state index contributed by atoms with van der Waals surface area (Å²) in [5.41, 5.74) is 1.05. The number of rotatable bonds is 4. The number of pyridine rings is 1. The summed E-state index contributed by atoms with van der Waals surface area (Å²) in [5.74, 6) is 1.49. The molecule has 1 unspecified atom stereocenters. The maximum atomic E-state index is 4.37. The van der Waals surface area contributed by atoms with Crippen LogP contribution in [0, 0.1) is 5.92 Å². The van der Waals surface area contributed by atoms with Crippen LogP contribution in [0.15, 0.2) is 31.0 Å². The highest BCUT2D eigenvalue weighted by molar-refractivity contribution is 5.43. The van der Waals surface area contributed by atoms with Gasteiger partial charge in [-0.1, -0.05) is 0 Å². The van der Waals surface area contributed by atoms with Crippen LogP contribution < -0.4 is 10.6 Å². The average molecular weight is 258 g/mol. The zero-order valence-electron chi connectivity index (χ0n) is 10.8. The van der Waals surface area contributed by atoms with Crippen molar-refractivity contribution in [2.45, 2.75) is 12.8 Å². The van der Waals surface area contributed by atoms with Gasteiger partial charge in [0.05, 0.1) is 11.9 Å². The second kappa shape index (κ2) is 5.79. The quantitative estimate of drug-likeness (QED) is 0.858. The Labute approximate surface area is 112 Å². The van der Waals surface area contributed by atoms with Gasteiger partial charge in [-0.25, -0.2) is 14.6 Å². The summed E-state index contributed by atoms with van der Waals surface area (Å²) in [7, 11) is 0. The Balaban J connectivity index is 1.57. The fourth-order valence-corrected chi connectivity index (χ4v) is 2.31. The number of nitrogens with zero attached hydrogens (tertiary/aromatic N) is 4. The van der Waals surface area contributed by atoms with Crippen molar-refractivity contribution < 1.29 is 0 Å². The number of aromatic nitrogens is 4. The molecule has 2 aromatic heterocycles. The summed E-state index contributed by atoms with van der Waals surface area (Å²) in [6, 6.07) is 3.97. The van der Waals surface area contributed by atoms with Crippen LogP contribution in [0.4, 0.5) is 5.69 Å². The van der Waals surface area contributed by atoms with Gasteiger partial charge in [0.2, 0.25) is 0 Å². The minimum absolute atomic E-state index is 0.712. The molecule has 1 fully saturated rings. The molecule has 0 spiro atoms. The Kier molecular flexibility index (Phi) is 3.69. The number of nitrogens with one attached hydrogen (secondary N) is 2. The lowest BCUT2D eigenvalue weighted by molar-refractivity contribution is 0.393. The molecule has 2 aromatic rings. The fourth-order valence-electron chi connectivity index (χ4n) is 2.31. The van der Waals surface area contributed by atoms with E-state index < -0.39 is 0 Å². The molecule has 19 heavy (non-hydrogen) atoms. The van der Waals surface area contributed by atoms with E-state index in [1.807, 2.05) is 18.3 Å². The molecule has 1 atom stereocenters. The molecular formula is C13H18N6. The molecule has 2 N–H and O–H groups in total. The van der Waals surface area contributed by atoms with Crippen LogP contribution in [0.25, 0.3) is 5.82 Å². The van der Waals surface area contributed by atoms with Crippen molar-refractivity contribution in [3.63, 3.8) is 0 Å².